The minimum atomic E-state index is 0. The summed E-state index contributed by atoms with van der Waals surface area (Å²) in [6, 6.07) is 7.25. The molecule has 0 spiro atoms. The van der Waals surface area contributed by atoms with E-state index in [4.69, 9.17) is 0 Å². The first-order chi connectivity index (χ1) is 8.19. The van der Waals surface area contributed by atoms with Crippen LogP contribution in [0.4, 0.5) is 0 Å². The monoisotopic (exact) mass is 332 g/mol. The van der Waals surface area contributed by atoms with E-state index in [1.807, 2.05) is 0 Å². The standard InChI is InChI=1S/C14H21BrN2.ClH/c1-11-8-13(15)6-5-12(11)9-17-7-3-4-14(10-17)16-2;/h5-6,8,14,16H,3-4,7,9-10H2,1-2H3;1H. The molecule has 1 saturated heterocycles. The minimum absolute atomic E-state index is 0. The molecule has 18 heavy (non-hydrogen) atoms. The van der Waals surface area contributed by atoms with Crippen LogP contribution in [0.5, 0.6) is 0 Å². The van der Waals surface area contributed by atoms with Crippen molar-refractivity contribution in [3.8, 4) is 0 Å². The number of halogens is 2. The van der Waals surface area contributed by atoms with Crippen molar-refractivity contribution in [1.82, 2.24) is 10.2 Å². The summed E-state index contributed by atoms with van der Waals surface area (Å²) in [7, 11) is 2.07. The second kappa shape index (κ2) is 7.49. The van der Waals surface area contributed by atoms with Gasteiger partial charge in [0, 0.05) is 23.6 Å². The predicted molar refractivity (Wildman–Crippen MR) is 83.5 cm³/mol. The van der Waals surface area contributed by atoms with Gasteiger partial charge in [-0.25, -0.2) is 0 Å². The molecule has 1 aliphatic heterocycles. The maximum absolute atomic E-state index is 3.52. The number of piperidine rings is 1. The van der Waals surface area contributed by atoms with Gasteiger partial charge in [-0.1, -0.05) is 22.0 Å². The first kappa shape index (κ1) is 16.0. The largest absolute Gasteiger partial charge is 0.316 e. The Labute approximate surface area is 125 Å². The Morgan fingerprint density at radius 3 is 2.89 bits per heavy atom. The van der Waals surface area contributed by atoms with E-state index in [0.29, 0.717) is 6.04 Å². The van der Waals surface area contributed by atoms with Crippen molar-refractivity contribution in [2.45, 2.75) is 32.4 Å². The molecule has 1 fully saturated rings. The SMILES string of the molecule is CNC1CCCN(Cc2ccc(Br)cc2C)C1.Cl. The fraction of sp³-hybridized carbons (Fsp3) is 0.571. The van der Waals surface area contributed by atoms with Crippen LogP contribution in [-0.4, -0.2) is 31.1 Å². The third kappa shape index (κ3) is 4.23. The number of likely N-dealkylation sites (tertiary alicyclic amines) is 1. The van der Waals surface area contributed by atoms with E-state index in [9.17, 15) is 0 Å². The van der Waals surface area contributed by atoms with Crippen LogP contribution in [0.2, 0.25) is 0 Å². The Bertz CT molecular complexity index is 384. The highest BCUT2D eigenvalue weighted by Gasteiger charge is 2.18. The molecule has 2 rings (SSSR count). The summed E-state index contributed by atoms with van der Waals surface area (Å²) in [6.45, 7) is 5.68. The molecule has 1 N–H and O–H groups in total. The lowest BCUT2D eigenvalue weighted by atomic mass is 10.0. The number of nitrogens with one attached hydrogen (secondary N) is 1. The summed E-state index contributed by atoms with van der Waals surface area (Å²) < 4.78 is 1.17. The summed E-state index contributed by atoms with van der Waals surface area (Å²) >= 11 is 3.52. The molecule has 1 heterocycles. The van der Waals surface area contributed by atoms with Gasteiger partial charge in [-0.05, 0) is 56.6 Å². The molecular formula is C14H22BrClN2. The lowest BCUT2D eigenvalue weighted by Gasteiger charge is -2.32. The summed E-state index contributed by atoms with van der Waals surface area (Å²) in [5.41, 5.74) is 2.83. The first-order valence-electron chi connectivity index (χ1n) is 6.33. The van der Waals surface area contributed by atoms with E-state index in [-0.39, 0.29) is 12.4 Å². The summed E-state index contributed by atoms with van der Waals surface area (Å²) in [5.74, 6) is 0. The van der Waals surface area contributed by atoms with Gasteiger partial charge in [0.2, 0.25) is 0 Å². The summed E-state index contributed by atoms with van der Waals surface area (Å²) in [6.07, 6.45) is 2.62. The molecule has 0 radical (unpaired) electrons. The van der Waals surface area contributed by atoms with Gasteiger partial charge in [0.1, 0.15) is 0 Å². The molecule has 0 aromatic heterocycles. The lowest BCUT2D eigenvalue weighted by Crippen LogP contribution is -2.43. The average molecular weight is 334 g/mol. The highest BCUT2D eigenvalue weighted by molar-refractivity contribution is 9.10. The molecule has 102 valence electrons. The van der Waals surface area contributed by atoms with Crippen LogP contribution in [0.1, 0.15) is 24.0 Å². The summed E-state index contributed by atoms with van der Waals surface area (Å²) in [5, 5.41) is 3.39. The molecule has 1 unspecified atom stereocenters. The van der Waals surface area contributed by atoms with Crippen LogP contribution in [0.25, 0.3) is 0 Å². The fourth-order valence-electron chi connectivity index (χ4n) is 2.51. The lowest BCUT2D eigenvalue weighted by molar-refractivity contribution is 0.187. The highest BCUT2D eigenvalue weighted by atomic mass is 79.9. The van der Waals surface area contributed by atoms with Gasteiger partial charge in [0.05, 0.1) is 0 Å². The highest BCUT2D eigenvalue weighted by Crippen LogP contribution is 2.19. The van der Waals surface area contributed by atoms with Crippen molar-refractivity contribution < 1.29 is 0 Å². The fourth-order valence-corrected chi connectivity index (χ4v) is 2.99. The molecule has 1 aliphatic rings. The van der Waals surface area contributed by atoms with Crippen LogP contribution in [0.3, 0.4) is 0 Å². The van der Waals surface area contributed by atoms with E-state index in [1.165, 1.54) is 41.5 Å². The number of hydrogen-bond acceptors (Lipinski definition) is 2. The van der Waals surface area contributed by atoms with Crippen molar-refractivity contribution in [2.24, 2.45) is 0 Å². The van der Waals surface area contributed by atoms with Crippen LogP contribution in [-0.2, 0) is 6.54 Å². The smallest absolute Gasteiger partial charge is 0.0237 e. The quantitative estimate of drug-likeness (QED) is 0.912. The number of likely N-dealkylation sites (N-methyl/N-ethyl adjacent to an activating group) is 1. The predicted octanol–water partition coefficient (Wildman–Crippen LogP) is 3.36. The summed E-state index contributed by atoms with van der Waals surface area (Å²) in [4.78, 5) is 2.56. The van der Waals surface area contributed by atoms with Crippen LogP contribution in [0.15, 0.2) is 22.7 Å². The number of nitrogens with zero attached hydrogens (tertiary/aromatic N) is 1. The normalized spacial score (nSPS) is 20.5. The van der Waals surface area contributed by atoms with Crippen molar-refractivity contribution >= 4 is 28.3 Å². The number of aryl methyl sites for hydroxylation is 1. The van der Waals surface area contributed by atoms with Crippen LogP contribution in [0, 0.1) is 6.92 Å². The first-order valence-corrected chi connectivity index (χ1v) is 7.13. The number of rotatable bonds is 3. The van der Waals surface area contributed by atoms with Crippen LogP contribution >= 0.6 is 28.3 Å². The van der Waals surface area contributed by atoms with Crippen molar-refractivity contribution in [3.63, 3.8) is 0 Å². The van der Waals surface area contributed by atoms with Gasteiger partial charge in [0.25, 0.3) is 0 Å². The van der Waals surface area contributed by atoms with Gasteiger partial charge in [-0.2, -0.15) is 0 Å². The molecule has 4 heteroatoms. The Morgan fingerprint density at radius 1 is 1.44 bits per heavy atom. The molecule has 2 nitrogen and oxygen atoms in total. The maximum atomic E-state index is 3.52. The van der Waals surface area contributed by atoms with E-state index in [1.54, 1.807) is 0 Å². The van der Waals surface area contributed by atoms with Gasteiger partial charge in [-0.15, -0.1) is 12.4 Å². The molecular weight excluding hydrogens is 312 g/mol. The molecule has 0 saturated carbocycles. The third-order valence-corrected chi connectivity index (χ3v) is 4.11. The Hall–Kier alpha value is -0.0900. The Balaban J connectivity index is 0.00000162. The van der Waals surface area contributed by atoms with E-state index >= 15 is 0 Å². The second-order valence-electron chi connectivity index (χ2n) is 4.93. The maximum Gasteiger partial charge on any atom is 0.0237 e. The van der Waals surface area contributed by atoms with Gasteiger partial charge in [-0.3, -0.25) is 4.90 Å². The molecule has 0 amide bonds. The van der Waals surface area contributed by atoms with Gasteiger partial charge >= 0.3 is 0 Å². The topological polar surface area (TPSA) is 15.3 Å². The third-order valence-electron chi connectivity index (χ3n) is 3.61. The van der Waals surface area contributed by atoms with Crippen LogP contribution < -0.4 is 5.32 Å². The number of benzene rings is 1. The van der Waals surface area contributed by atoms with E-state index in [0.717, 1.165) is 6.54 Å². The zero-order chi connectivity index (χ0) is 12.3. The van der Waals surface area contributed by atoms with Crippen molar-refractivity contribution in [2.75, 3.05) is 20.1 Å². The molecule has 1 aromatic carbocycles. The zero-order valence-corrected chi connectivity index (χ0v) is 13.5. The van der Waals surface area contributed by atoms with Crippen molar-refractivity contribution in [1.29, 1.82) is 0 Å². The Morgan fingerprint density at radius 2 is 2.22 bits per heavy atom. The zero-order valence-electron chi connectivity index (χ0n) is 11.1. The minimum Gasteiger partial charge on any atom is -0.316 e. The Kier molecular flexibility index (Phi) is 6.64. The molecule has 0 aliphatic carbocycles. The molecule has 1 aromatic rings. The second-order valence-corrected chi connectivity index (χ2v) is 5.85. The van der Waals surface area contributed by atoms with Crippen molar-refractivity contribution in [3.05, 3.63) is 33.8 Å². The van der Waals surface area contributed by atoms with E-state index in [2.05, 4.69) is 58.3 Å². The van der Waals surface area contributed by atoms with E-state index < -0.39 is 0 Å². The molecule has 1 atom stereocenters. The van der Waals surface area contributed by atoms with Gasteiger partial charge < -0.3 is 5.32 Å². The average Bonchev–Trinajstić information content (AvgIpc) is 2.33. The number of hydrogen-bond donors (Lipinski definition) is 1. The molecule has 0 bridgehead atoms. The van der Waals surface area contributed by atoms with Gasteiger partial charge in [0.15, 0.2) is 0 Å².